The van der Waals surface area contributed by atoms with Crippen molar-refractivity contribution in [2.75, 3.05) is 32.8 Å². The Morgan fingerprint density at radius 1 is 1.36 bits per heavy atom. The van der Waals surface area contributed by atoms with Gasteiger partial charge in [-0.3, -0.25) is 9.59 Å². The molecule has 3 heterocycles. The Morgan fingerprint density at radius 2 is 2.16 bits per heavy atom. The third-order valence-corrected chi connectivity index (χ3v) is 6.46. The number of thiazole rings is 1. The van der Waals surface area contributed by atoms with Crippen molar-refractivity contribution in [2.24, 2.45) is 5.92 Å². The van der Waals surface area contributed by atoms with Crippen molar-refractivity contribution in [2.45, 2.75) is 44.1 Å². The van der Waals surface area contributed by atoms with Crippen LogP contribution in [0.25, 0.3) is 0 Å². The van der Waals surface area contributed by atoms with Gasteiger partial charge in [-0.05, 0) is 31.6 Å². The maximum Gasteiger partial charge on any atom is 0.273 e. The van der Waals surface area contributed by atoms with Crippen LogP contribution in [0.4, 0.5) is 0 Å². The Bertz CT molecular complexity index is 622. The number of hydrogen-bond donors (Lipinski definition) is 0. The minimum atomic E-state index is -0.283. The summed E-state index contributed by atoms with van der Waals surface area (Å²) in [7, 11) is 0. The van der Waals surface area contributed by atoms with Gasteiger partial charge < -0.3 is 14.5 Å². The molecule has 0 unspecified atom stereocenters. The molecule has 7 heteroatoms. The fraction of sp³-hybridized carbons (Fsp3) is 0.722. The number of piperidine rings is 1. The molecule has 6 nitrogen and oxygen atoms in total. The van der Waals surface area contributed by atoms with E-state index in [2.05, 4.69) is 4.98 Å². The average Bonchev–Trinajstić information content (AvgIpc) is 3.07. The summed E-state index contributed by atoms with van der Waals surface area (Å²) in [4.78, 5) is 32.9. The van der Waals surface area contributed by atoms with Gasteiger partial charge in [0.15, 0.2) is 0 Å². The molecular weight excluding hydrogens is 338 g/mol. The highest BCUT2D eigenvalue weighted by Gasteiger charge is 2.42. The fourth-order valence-electron chi connectivity index (χ4n) is 4.05. The average molecular weight is 363 g/mol. The summed E-state index contributed by atoms with van der Waals surface area (Å²) in [5, 5.41) is 1.80. The number of carbonyl (C=O) groups is 2. The standard InChI is InChI=1S/C18H25N3O3S/c22-16-4-9-24-18(12-21(16)10-14-2-1-3-14)5-7-20(8-6-18)17(23)15-11-25-13-19-15/h11,13-14H,1-10,12H2. The molecule has 0 radical (unpaired) electrons. The summed E-state index contributed by atoms with van der Waals surface area (Å²) < 4.78 is 6.17. The van der Waals surface area contributed by atoms with Crippen molar-refractivity contribution in [1.82, 2.24) is 14.8 Å². The molecule has 0 N–H and O–H groups in total. The first-order valence-electron chi connectivity index (χ1n) is 9.24. The smallest absolute Gasteiger partial charge is 0.273 e. The van der Waals surface area contributed by atoms with Gasteiger partial charge in [-0.25, -0.2) is 4.98 Å². The molecule has 136 valence electrons. The van der Waals surface area contributed by atoms with E-state index in [1.54, 1.807) is 10.9 Å². The lowest BCUT2D eigenvalue weighted by molar-refractivity contribution is -0.133. The third-order valence-electron chi connectivity index (χ3n) is 5.87. The Kier molecular flexibility index (Phi) is 4.78. The van der Waals surface area contributed by atoms with E-state index in [1.165, 1.54) is 30.6 Å². The monoisotopic (exact) mass is 363 g/mol. The van der Waals surface area contributed by atoms with Crippen LogP contribution in [0.1, 0.15) is 49.0 Å². The highest BCUT2D eigenvalue weighted by molar-refractivity contribution is 7.07. The van der Waals surface area contributed by atoms with E-state index in [4.69, 9.17) is 4.74 Å². The van der Waals surface area contributed by atoms with E-state index < -0.39 is 0 Å². The van der Waals surface area contributed by atoms with Crippen molar-refractivity contribution in [3.8, 4) is 0 Å². The summed E-state index contributed by atoms with van der Waals surface area (Å²) in [6.45, 7) is 3.40. The molecule has 2 saturated heterocycles. The van der Waals surface area contributed by atoms with E-state index in [0.29, 0.717) is 44.3 Å². The van der Waals surface area contributed by atoms with E-state index in [9.17, 15) is 9.59 Å². The predicted octanol–water partition coefficient (Wildman–Crippen LogP) is 2.17. The molecule has 2 amide bonds. The highest BCUT2D eigenvalue weighted by Crippen LogP contribution is 2.33. The second-order valence-electron chi connectivity index (χ2n) is 7.52. The molecule has 1 saturated carbocycles. The molecule has 1 spiro atoms. The summed E-state index contributed by atoms with van der Waals surface area (Å²) in [6, 6.07) is 0. The van der Waals surface area contributed by atoms with Gasteiger partial charge >= 0.3 is 0 Å². The maximum atomic E-state index is 12.5. The lowest BCUT2D eigenvalue weighted by Gasteiger charge is -2.43. The predicted molar refractivity (Wildman–Crippen MR) is 94.5 cm³/mol. The Hall–Kier alpha value is -1.47. The largest absolute Gasteiger partial charge is 0.372 e. The van der Waals surface area contributed by atoms with Crippen molar-refractivity contribution in [3.63, 3.8) is 0 Å². The number of ether oxygens (including phenoxy) is 1. The molecule has 25 heavy (non-hydrogen) atoms. The first kappa shape index (κ1) is 17.0. The van der Waals surface area contributed by atoms with E-state index in [0.717, 1.165) is 19.4 Å². The van der Waals surface area contributed by atoms with Gasteiger partial charge in [0, 0.05) is 31.6 Å². The number of aromatic nitrogens is 1. The molecule has 0 bridgehead atoms. The van der Waals surface area contributed by atoms with E-state index in [-0.39, 0.29) is 17.4 Å². The van der Waals surface area contributed by atoms with Crippen molar-refractivity contribution in [1.29, 1.82) is 0 Å². The number of carbonyl (C=O) groups excluding carboxylic acids is 2. The molecule has 1 aromatic rings. The first-order valence-corrected chi connectivity index (χ1v) is 10.2. The SMILES string of the molecule is O=C1CCOC2(CCN(C(=O)c3cscn3)CC2)CN1CC1CCC1. The zero-order valence-electron chi connectivity index (χ0n) is 14.5. The van der Waals surface area contributed by atoms with Gasteiger partial charge in [-0.2, -0.15) is 0 Å². The quantitative estimate of drug-likeness (QED) is 0.826. The third kappa shape index (κ3) is 3.58. The summed E-state index contributed by atoms with van der Waals surface area (Å²) in [5.74, 6) is 0.905. The minimum absolute atomic E-state index is 0.00659. The summed E-state index contributed by atoms with van der Waals surface area (Å²) in [5.41, 5.74) is 1.94. The Morgan fingerprint density at radius 3 is 2.80 bits per heavy atom. The maximum absolute atomic E-state index is 12.5. The minimum Gasteiger partial charge on any atom is -0.372 e. The van der Waals surface area contributed by atoms with Gasteiger partial charge in [0.25, 0.3) is 5.91 Å². The number of amides is 2. The van der Waals surface area contributed by atoms with Crippen LogP contribution in [0.2, 0.25) is 0 Å². The Balaban J connectivity index is 1.39. The van der Waals surface area contributed by atoms with Gasteiger partial charge in [0.2, 0.25) is 5.91 Å². The normalized spacial score (nSPS) is 24.2. The first-order chi connectivity index (χ1) is 12.2. The van der Waals surface area contributed by atoms with Crippen LogP contribution in [0.15, 0.2) is 10.9 Å². The molecule has 0 atom stereocenters. The highest BCUT2D eigenvalue weighted by atomic mass is 32.1. The van der Waals surface area contributed by atoms with Gasteiger partial charge in [-0.15, -0.1) is 11.3 Å². The van der Waals surface area contributed by atoms with Crippen LogP contribution in [0.5, 0.6) is 0 Å². The molecule has 2 aliphatic heterocycles. The molecule has 3 aliphatic rings. The lowest BCUT2D eigenvalue weighted by Crippen LogP contribution is -2.53. The second kappa shape index (κ2) is 7.03. The van der Waals surface area contributed by atoms with Crippen molar-refractivity contribution >= 4 is 23.2 Å². The number of hydrogen-bond acceptors (Lipinski definition) is 5. The topological polar surface area (TPSA) is 62.7 Å². The summed E-state index contributed by atoms with van der Waals surface area (Å²) >= 11 is 1.44. The molecular formula is C18H25N3O3S. The number of likely N-dealkylation sites (tertiary alicyclic amines) is 1. The zero-order valence-corrected chi connectivity index (χ0v) is 15.3. The number of rotatable bonds is 3. The van der Waals surface area contributed by atoms with Crippen LogP contribution in [-0.2, 0) is 9.53 Å². The van der Waals surface area contributed by atoms with E-state index in [1.807, 2.05) is 9.80 Å². The van der Waals surface area contributed by atoms with Crippen LogP contribution in [-0.4, -0.2) is 65.0 Å². The molecule has 4 rings (SSSR count). The van der Waals surface area contributed by atoms with Gasteiger partial charge in [0.05, 0.1) is 24.1 Å². The number of nitrogens with zero attached hydrogens (tertiary/aromatic N) is 3. The molecule has 1 aromatic heterocycles. The van der Waals surface area contributed by atoms with Crippen molar-refractivity contribution in [3.05, 3.63) is 16.6 Å². The fourth-order valence-corrected chi connectivity index (χ4v) is 4.57. The second-order valence-corrected chi connectivity index (χ2v) is 8.24. The zero-order chi connectivity index (χ0) is 17.3. The Labute approximate surface area is 152 Å². The summed E-state index contributed by atoms with van der Waals surface area (Å²) in [6.07, 6.45) is 5.84. The van der Waals surface area contributed by atoms with Crippen LogP contribution in [0.3, 0.4) is 0 Å². The van der Waals surface area contributed by atoms with Crippen molar-refractivity contribution < 1.29 is 14.3 Å². The molecule has 3 fully saturated rings. The molecule has 0 aromatic carbocycles. The van der Waals surface area contributed by atoms with Gasteiger partial charge in [0.1, 0.15) is 5.69 Å². The van der Waals surface area contributed by atoms with Crippen LogP contribution in [0, 0.1) is 5.92 Å². The lowest BCUT2D eigenvalue weighted by atomic mass is 9.84. The van der Waals surface area contributed by atoms with Gasteiger partial charge in [-0.1, -0.05) is 6.42 Å². The molecule has 1 aliphatic carbocycles. The van der Waals surface area contributed by atoms with Crippen LogP contribution >= 0.6 is 11.3 Å². The van der Waals surface area contributed by atoms with Crippen LogP contribution < -0.4 is 0 Å². The van der Waals surface area contributed by atoms with E-state index >= 15 is 0 Å².